The number of hydrogen-bond acceptors (Lipinski definition) is 29. The molecule has 1 aromatic carbocycles. The fourth-order valence-corrected chi connectivity index (χ4v) is 8.78. The summed E-state index contributed by atoms with van der Waals surface area (Å²) >= 11 is 0. The van der Waals surface area contributed by atoms with E-state index in [1.165, 1.54) is 12.1 Å². The van der Waals surface area contributed by atoms with Crippen molar-refractivity contribution in [2.75, 3.05) is 19.8 Å². The molecule has 9 atom stereocenters. The Labute approximate surface area is 365 Å². The second-order valence-electron chi connectivity index (χ2n) is 11.4. The number of benzene rings is 1. The molecule has 3 rings (SSSR count). The molecule has 0 spiro atoms. The molecule has 0 saturated carbocycles. The Morgan fingerprint density at radius 2 is 0.831 bits per heavy atom. The molecule has 0 aromatic heterocycles. The van der Waals surface area contributed by atoms with Gasteiger partial charge in [0.25, 0.3) is 10.1 Å². The maximum atomic E-state index is 11.9. The molecule has 2 fully saturated rings. The Balaban J connectivity index is 0.00000127. The Bertz CT molecular complexity index is 2840. The molecule has 9 N–H and O–H groups in total. The second kappa shape index (κ2) is 21.3. The Morgan fingerprint density at radius 3 is 1.22 bits per heavy atom. The van der Waals surface area contributed by atoms with E-state index in [0.717, 1.165) is 0 Å². The molecule has 2 aliphatic heterocycles. The van der Waals surface area contributed by atoms with Gasteiger partial charge in [0.1, 0.15) is 37.1 Å². The number of rotatable bonds is 22. The summed E-state index contributed by atoms with van der Waals surface area (Å²) in [5.41, 5.74) is 0. The molecule has 0 unspecified atom stereocenters. The standard InChI is InChI=1S/C12H22O35S8.C6H6O3S/c13-48(14,15)37-1-4-6(43-51(22,23)24)8(45-53(28,29)30)9(46-54(31,32)33)11(40-4)42-12(3-39-50(19,20)21)10(47-55(34,35)36)7(44-52(25,26)27)5(41-12)2-38-49(16,17)18;7-10(8,9)6-4-2-1-3-5-6/h4-11H,1-3H2,(H,13,14,15)(H,16,17,18)(H,19,20,21)(H,22,23,24)(H,25,26,27)(H,28,29,30)(H,31,32,33)(H,34,35,36);1-5H,(H,7,8,9)/t4-,5-,6-,7-,8+,9-,10+,11-,12+;/m1./s1. The van der Waals surface area contributed by atoms with Gasteiger partial charge in [-0.1, -0.05) is 18.2 Å². The summed E-state index contributed by atoms with van der Waals surface area (Å²) in [6.45, 7) is -6.25. The molecule has 2 aliphatic rings. The molecule has 0 aliphatic carbocycles. The predicted octanol–water partition coefficient (Wildman–Crippen LogP) is -5.85. The van der Waals surface area contributed by atoms with Gasteiger partial charge in [0, 0.05) is 0 Å². The average molecular weight is 1140 g/mol. The van der Waals surface area contributed by atoms with Gasteiger partial charge in [0.15, 0.2) is 18.5 Å². The molecule has 0 amide bonds. The molecule has 65 heavy (non-hydrogen) atoms. The first-order valence-electron chi connectivity index (χ1n) is 14.9. The van der Waals surface area contributed by atoms with Gasteiger partial charge in [-0.25, -0.2) is 33.5 Å². The van der Waals surface area contributed by atoms with Crippen LogP contribution in [0.4, 0.5) is 0 Å². The van der Waals surface area contributed by atoms with Crippen molar-refractivity contribution in [3.8, 4) is 0 Å². The first-order chi connectivity index (χ1) is 28.8. The van der Waals surface area contributed by atoms with E-state index in [4.69, 9.17) is 27.9 Å². The minimum absolute atomic E-state index is 0.0741. The Morgan fingerprint density at radius 1 is 0.446 bits per heavy atom. The van der Waals surface area contributed by atoms with Crippen LogP contribution in [0, 0.1) is 0 Å². The van der Waals surface area contributed by atoms with Crippen LogP contribution in [-0.4, -0.2) is 191 Å². The molecule has 38 nitrogen and oxygen atoms in total. The van der Waals surface area contributed by atoms with Crippen LogP contribution in [0.2, 0.25) is 0 Å². The lowest BCUT2D eigenvalue weighted by Crippen LogP contribution is -2.65. The van der Waals surface area contributed by atoms with Crippen LogP contribution in [0.25, 0.3) is 0 Å². The maximum absolute atomic E-state index is 11.9. The van der Waals surface area contributed by atoms with E-state index >= 15 is 0 Å². The zero-order valence-electron chi connectivity index (χ0n) is 30.2. The van der Waals surface area contributed by atoms with Gasteiger partial charge in [0.05, 0.1) is 18.1 Å². The van der Waals surface area contributed by atoms with Crippen LogP contribution < -0.4 is 0 Å². The van der Waals surface area contributed by atoms with Gasteiger partial charge in [-0.15, -0.1) is 0 Å². The third kappa shape index (κ3) is 22.3. The van der Waals surface area contributed by atoms with Crippen LogP contribution >= 0.6 is 0 Å². The quantitative estimate of drug-likeness (QED) is 0.0488. The zero-order valence-corrected chi connectivity index (χ0v) is 37.5. The first-order valence-corrected chi connectivity index (χ1v) is 27.3. The minimum Gasteiger partial charge on any atom is -0.341 e. The van der Waals surface area contributed by atoms with Crippen LogP contribution in [0.3, 0.4) is 0 Å². The van der Waals surface area contributed by atoms with Crippen LogP contribution in [0.1, 0.15) is 0 Å². The number of hydrogen-bond donors (Lipinski definition) is 9. The summed E-state index contributed by atoms with van der Waals surface area (Å²) in [5, 5.41) is 0. The van der Waals surface area contributed by atoms with Crippen molar-refractivity contribution in [3.05, 3.63) is 30.3 Å². The third-order valence-electron chi connectivity index (χ3n) is 6.72. The summed E-state index contributed by atoms with van der Waals surface area (Å²) in [5.74, 6) is -4.12. The van der Waals surface area contributed by atoms with Gasteiger partial charge >= 0.3 is 83.2 Å². The van der Waals surface area contributed by atoms with E-state index < -0.39 is 168 Å². The van der Waals surface area contributed by atoms with E-state index in [2.05, 4.69) is 33.5 Å². The molecule has 382 valence electrons. The largest absolute Gasteiger partial charge is 0.397 e. The van der Waals surface area contributed by atoms with Crippen molar-refractivity contribution in [3.63, 3.8) is 0 Å². The average Bonchev–Trinajstić information content (AvgIpc) is 3.31. The topological polar surface area (TPSA) is 591 Å². The SMILES string of the molecule is O=S(=O)(O)OC[C@H]1O[C@@](COS(=O)(=O)O)(O[C@H]2O[C@H](COS(=O)(=O)O)[C@@H](OS(=O)(=O)O)[C@H](OS(=O)(=O)O)[C@H]2OS(=O)(=O)O)[C@@H](OS(=O)(=O)O)[C@@H]1OS(=O)(=O)O.O=S(=O)(O)c1ccccc1. The summed E-state index contributed by atoms with van der Waals surface area (Å²) in [7, 11) is -52.3. The van der Waals surface area contributed by atoms with E-state index in [-0.39, 0.29) is 4.90 Å². The zero-order chi connectivity index (χ0) is 50.6. The molecular formula is C18H28O38S9. The summed E-state index contributed by atoms with van der Waals surface area (Å²) in [6, 6.07) is 7.42. The van der Waals surface area contributed by atoms with E-state index in [1.54, 1.807) is 18.2 Å². The van der Waals surface area contributed by atoms with Gasteiger partial charge in [0.2, 0.25) is 5.79 Å². The lowest BCUT2D eigenvalue weighted by atomic mass is 9.99. The summed E-state index contributed by atoms with van der Waals surface area (Å²) in [4.78, 5) is -0.0741. The molecule has 0 radical (unpaired) electrons. The van der Waals surface area contributed by atoms with Gasteiger partial charge in [-0.3, -0.25) is 41.0 Å². The van der Waals surface area contributed by atoms with Crippen molar-refractivity contribution in [2.24, 2.45) is 0 Å². The molecule has 47 heteroatoms. The molecular weight excluding hydrogens is 1110 g/mol. The molecule has 2 saturated heterocycles. The van der Waals surface area contributed by atoms with Crippen molar-refractivity contribution in [1.29, 1.82) is 0 Å². The van der Waals surface area contributed by atoms with Crippen molar-refractivity contribution < 1.29 is 164 Å². The van der Waals surface area contributed by atoms with E-state index in [0.29, 0.717) is 0 Å². The second-order valence-corrected chi connectivity index (χ2v) is 21.4. The highest BCUT2D eigenvalue weighted by Gasteiger charge is 2.65. The Kier molecular flexibility index (Phi) is 19.4. The Hall–Kier alpha value is -2.03. The lowest BCUT2D eigenvalue weighted by molar-refractivity contribution is -0.374. The van der Waals surface area contributed by atoms with Gasteiger partial charge < -0.3 is 14.2 Å². The fourth-order valence-electron chi connectivity index (χ4n) is 4.83. The minimum atomic E-state index is -6.24. The van der Waals surface area contributed by atoms with E-state index in [9.17, 15) is 103 Å². The van der Waals surface area contributed by atoms with Crippen LogP contribution in [-0.2, 0) is 141 Å². The third-order valence-corrected chi connectivity index (χ3v) is 11.2. The lowest BCUT2D eigenvalue weighted by Gasteiger charge is -2.45. The number of ether oxygens (including phenoxy) is 3. The molecule has 0 bridgehead atoms. The van der Waals surface area contributed by atoms with Crippen molar-refractivity contribution in [1.82, 2.24) is 0 Å². The van der Waals surface area contributed by atoms with Crippen molar-refractivity contribution in [2.45, 2.75) is 59.7 Å². The normalized spacial score (nSPS) is 27.7. The highest BCUT2D eigenvalue weighted by molar-refractivity contribution is 7.86. The fraction of sp³-hybridized carbons (Fsp3) is 0.667. The predicted molar refractivity (Wildman–Crippen MR) is 188 cm³/mol. The first kappa shape index (κ1) is 59.1. The van der Waals surface area contributed by atoms with Crippen molar-refractivity contribution >= 4 is 93.3 Å². The van der Waals surface area contributed by atoms with Gasteiger partial charge in [-0.2, -0.15) is 75.8 Å². The summed E-state index contributed by atoms with van der Waals surface area (Å²) in [6.07, 6.45) is -26.0. The van der Waals surface area contributed by atoms with E-state index in [1.807, 2.05) is 0 Å². The van der Waals surface area contributed by atoms with Crippen LogP contribution in [0.5, 0.6) is 0 Å². The monoisotopic (exact) mass is 1140 g/mol. The molecule has 1 aromatic rings. The van der Waals surface area contributed by atoms with Gasteiger partial charge in [-0.05, 0) is 12.1 Å². The highest BCUT2D eigenvalue weighted by atomic mass is 32.3. The summed E-state index contributed by atoms with van der Waals surface area (Å²) < 4.78 is 336. The highest BCUT2D eigenvalue weighted by Crippen LogP contribution is 2.43. The maximum Gasteiger partial charge on any atom is 0.397 e. The van der Waals surface area contributed by atoms with Crippen LogP contribution in [0.15, 0.2) is 35.2 Å². The molecule has 2 heterocycles. The smallest absolute Gasteiger partial charge is 0.341 e.